The summed E-state index contributed by atoms with van der Waals surface area (Å²) in [6, 6.07) is 0. The second-order valence-corrected chi connectivity index (χ2v) is 5.38. The van der Waals surface area contributed by atoms with Gasteiger partial charge >= 0.3 is 0 Å². The first kappa shape index (κ1) is 21.3. The molecule has 18 heavy (non-hydrogen) atoms. The third-order valence-electron chi connectivity index (χ3n) is 3.56. The predicted octanol–water partition coefficient (Wildman–Crippen LogP) is 5.05. The molecule has 0 aromatic heterocycles. The molecule has 0 spiro atoms. The van der Waals surface area contributed by atoms with Gasteiger partial charge in [0.2, 0.25) is 0 Å². The maximum absolute atomic E-state index is 5.47. The van der Waals surface area contributed by atoms with Crippen LogP contribution in [-0.4, -0.2) is 36.1 Å². The number of hydrogen-bond donors (Lipinski definition) is 1. The summed E-state index contributed by atoms with van der Waals surface area (Å²) in [6.07, 6.45) is 19.9. The van der Waals surface area contributed by atoms with Crippen LogP contribution < -0.4 is 5.73 Å². The zero-order valence-electron chi connectivity index (χ0n) is 13.2. The van der Waals surface area contributed by atoms with Gasteiger partial charge in [0.25, 0.3) is 0 Å². The smallest absolute Gasteiger partial charge is 0 e. The van der Waals surface area contributed by atoms with Gasteiger partial charge in [-0.2, -0.15) is 0 Å². The third-order valence-corrected chi connectivity index (χ3v) is 3.56. The summed E-state index contributed by atoms with van der Waals surface area (Å²) in [5.74, 6) is 0. The van der Waals surface area contributed by atoms with E-state index in [1.54, 1.807) is 0 Å². The van der Waals surface area contributed by atoms with Gasteiger partial charge in [-0.15, -0.1) is 0 Å². The maximum Gasteiger partial charge on any atom is 0 e. The maximum atomic E-state index is 5.47. The van der Waals surface area contributed by atoms with E-state index in [1.165, 1.54) is 89.9 Å². The van der Waals surface area contributed by atoms with Crippen LogP contribution in [0.4, 0.5) is 0 Å². The van der Waals surface area contributed by atoms with Crippen LogP contribution in [0, 0.1) is 0 Å². The molecule has 0 amide bonds. The normalized spacial score (nSPS) is 10.3. The first-order valence-electron chi connectivity index (χ1n) is 8.12. The van der Waals surface area contributed by atoms with Crippen molar-refractivity contribution in [1.82, 2.24) is 0 Å². The first-order chi connectivity index (χ1) is 8.41. The molecule has 0 aliphatic rings. The predicted molar refractivity (Wildman–Crippen MR) is 85.1 cm³/mol. The quantitative estimate of drug-likeness (QED) is 0.345. The van der Waals surface area contributed by atoms with Crippen LogP contribution in [0.1, 0.15) is 96.8 Å². The van der Waals surface area contributed by atoms with E-state index in [0.29, 0.717) is 0 Å². The zero-order valence-corrected chi connectivity index (χ0v) is 15.2. The fraction of sp³-hybridized carbons (Fsp3) is 1.00. The van der Waals surface area contributed by atoms with Crippen molar-refractivity contribution in [1.29, 1.82) is 0 Å². The molecule has 0 saturated carbocycles. The van der Waals surface area contributed by atoms with Crippen LogP contribution in [0.25, 0.3) is 0 Å². The molecule has 1 radical (unpaired) electrons. The topological polar surface area (TPSA) is 26.0 Å². The molecule has 0 unspecified atom stereocenters. The summed E-state index contributed by atoms with van der Waals surface area (Å²) in [6.45, 7) is 3.16. The van der Waals surface area contributed by atoms with E-state index in [4.69, 9.17) is 5.73 Å². The van der Waals surface area contributed by atoms with Gasteiger partial charge in [0.1, 0.15) is 0 Å². The van der Waals surface area contributed by atoms with Crippen molar-refractivity contribution in [2.75, 3.05) is 6.54 Å². The molecule has 0 rings (SSSR count). The van der Waals surface area contributed by atoms with E-state index in [-0.39, 0.29) is 29.6 Å². The summed E-state index contributed by atoms with van der Waals surface area (Å²) in [5, 5.41) is 0. The molecule has 2 heteroatoms. The van der Waals surface area contributed by atoms with Crippen molar-refractivity contribution < 1.29 is 0 Å². The Morgan fingerprint density at radius 2 is 0.778 bits per heavy atom. The van der Waals surface area contributed by atoms with Gasteiger partial charge < -0.3 is 5.73 Å². The van der Waals surface area contributed by atoms with Crippen molar-refractivity contribution in [3.05, 3.63) is 0 Å². The van der Waals surface area contributed by atoms with E-state index in [9.17, 15) is 0 Å². The molecule has 0 atom stereocenters. The average molecular weight is 264 g/mol. The van der Waals surface area contributed by atoms with Crippen LogP contribution in [0.2, 0.25) is 0 Å². The van der Waals surface area contributed by atoms with Crippen LogP contribution in [0.15, 0.2) is 0 Å². The third kappa shape index (κ3) is 19.3. The van der Waals surface area contributed by atoms with Gasteiger partial charge in [0.15, 0.2) is 0 Å². The molecular weight excluding hydrogens is 229 g/mol. The summed E-state index contributed by atoms with van der Waals surface area (Å²) in [4.78, 5) is 0. The molecule has 0 fully saturated rings. The summed E-state index contributed by atoms with van der Waals surface area (Å²) < 4.78 is 0. The monoisotopic (exact) mass is 264 g/mol. The summed E-state index contributed by atoms with van der Waals surface area (Å²) >= 11 is 0. The van der Waals surface area contributed by atoms with Gasteiger partial charge in [-0.25, -0.2) is 0 Å². The molecule has 0 aromatic rings. The van der Waals surface area contributed by atoms with Gasteiger partial charge in [-0.1, -0.05) is 90.4 Å². The second-order valence-electron chi connectivity index (χ2n) is 5.38. The molecule has 0 bridgehead atoms. The van der Waals surface area contributed by atoms with E-state index in [2.05, 4.69) is 6.92 Å². The minimum Gasteiger partial charge on any atom is -0.330 e. The van der Waals surface area contributed by atoms with E-state index < -0.39 is 0 Å². The number of nitrogens with two attached hydrogens (primary N) is 1. The van der Waals surface area contributed by atoms with Crippen LogP contribution in [0.5, 0.6) is 0 Å². The Balaban J connectivity index is 0. The summed E-state index contributed by atoms with van der Waals surface area (Å²) in [5.41, 5.74) is 5.47. The van der Waals surface area contributed by atoms with Crippen molar-refractivity contribution in [2.45, 2.75) is 96.8 Å². The number of unbranched alkanes of at least 4 members (excludes halogenated alkanes) is 13. The Bertz CT molecular complexity index is 114. The van der Waals surface area contributed by atoms with Gasteiger partial charge in [0.05, 0.1) is 0 Å². The fourth-order valence-corrected chi connectivity index (χ4v) is 2.34. The minimum atomic E-state index is 0. The van der Waals surface area contributed by atoms with Crippen LogP contribution >= 0.6 is 0 Å². The molecular formula is C16H35NNa. The molecule has 0 aliphatic carbocycles. The fourth-order valence-electron chi connectivity index (χ4n) is 2.34. The Morgan fingerprint density at radius 3 is 1.06 bits per heavy atom. The SMILES string of the molecule is CCCCCCCCCCCCCCCCN.[Na]. The van der Waals surface area contributed by atoms with Gasteiger partial charge in [-0.05, 0) is 13.0 Å². The standard InChI is InChI=1S/C16H35N.Na/c1-2-3-4-5-6-7-8-9-10-11-12-13-14-15-16-17;/h2-17H2,1H3;. The van der Waals surface area contributed by atoms with E-state index in [1.807, 2.05) is 0 Å². The van der Waals surface area contributed by atoms with Crippen molar-refractivity contribution in [3.8, 4) is 0 Å². The van der Waals surface area contributed by atoms with Crippen molar-refractivity contribution in [3.63, 3.8) is 0 Å². The number of hydrogen-bond acceptors (Lipinski definition) is 1. The minimum absolute atomic E-state index is 0. The van der Waals surface area contributed by atoms with Crippen molar-refractivity contribution in [2.24, 2.45) is 5.73 Å². The van der Waals surface area contributed by atoms with E-state index in [0.717, 1.165) is 6.54 Å². The molecule has 0 aliphatic heterocycles. The van der Waals surface area contributed by atoms with Gasteiger partial charge in [-0.3, -0.25) is 0 Å². The van der Waals surface area contributed by atoms with E-state index >= 15 is 0 Å². The van der Waals surface area contributed by atoms with Crippen molar-refractivity contribution >= 4 is 29.6 Å². The molecule has 0 aromatic carbocycles. The molecule has 0 heterocycles. The molecule has 2 N–H and O–H groups in total. The second kappa shape index (κ2) is 20.3. The average Bonchev–Trinajstić information content (AvgIpc) is 2.35. The molecule has 0 saturated heterocycles. The Morgan fingerprint density at radius 1 is 0.500 bits per heavy atom. The Labute approximate surface area is 138 Å². The first-order valence-corrected chi connectivity index (χ1v) is 8.12. The zero-order chi connectivity index (χ0) is 12.6. The van der Waals surface area contributed by atoms with Gasteiger partial charge in [0, 0.05) is 29.6 Å². The Kier molecular flexibility index (Phi) is 24.0. The molecule has 1 nitrogen and oxygen atoms in total. The summed E-state index contributed by atoms with van der Waals surface area (Å²) in [7, 11) is 0. The van der Waals surface area contributed by atoms with Crippen LogP contribution in [0.3, 0.4) is 0 Å². The number of rotatable bonds is 14. The Hall–Kier alpha value is 0.960. The molecule has 105 valence electrons. The largest absolute Gasteiger partial charge is 0.330 e. The van der Waals surface area contributed by atoms with Crippen LogP contribution in [-0.2, 0) is 0 Å².